The predicted molar refractivity (Wildman–Crippen MR) is 170 cm³/mol. The highest BCUT2D eigenvalue weighted by atomic mass is 35.5. The molecule has 3 aromatic carbocycles. The molecule has 2 amide bonds. The van der Waals surface area contributed by atoms with Crippen molar-refractivity contribution in [2.75, 3.05) is 25.1 Å². The molecule has 0 radical (unpaired) electrons. The van der Waals surface area contributed by atoms with Crippen molar-refractivity contribution in [1.82, 2.24) is 10.2 Å². The van der Waals surface area contributed by atoms with Crippen LogP contribution in [0.4, 0.5) is 5.69 Å². The number of carbonyl (C=O) groups excluding carboxylic acids is 2. The number of benzene rings is 3. The van der Waals surface area contributed by atoms with Crippen LogP contribution < -0.4 is 19.1 Å². The van der Waals surface area contributed by atoms with Gasteiger partial charge >= 0.3 is 0 Å². The zero-order valence-corrected chi connectivity index (χ0v) is 27.2. The molecule has 0 aromatic heterocycles. The van der Waals surface area contributed by atoms with Crippen molar-refractivity contribution >= 4 is 50.7 Å². The van der Waals surface area contributed by atoms with Crippen molar-refractivity contribution in [3.8, 4) is 11.5 Å². The minimum Gasteiger partial charge on any atom is -0.493 e. The Balaban J connectivity index is 2.14. The first-order valence-corrected chi connectivity index (χ1v) is 16.0. The van der Waals surface area contributed by atoms with Gasteiger partial charge in [0.1, 0.15) is 12.6 Å². The number of hydrogen-bond donors (Lipinski definition) is 1. The fraction of sp³-hybridized carbons (Fsp3) is 0.355. The number of nitrogens with one attached hydrogen (secondary N) is 1. The second kappa shape index (κ2) is 15.3. The minimum atomic E-state index is -4.26. The van der Waals surface area contributed by atoms with Gasteiger partial charge < -0.3 is 19.7 Å². The van der Waals surface area contributed by atoms with Crippen molar-refractivity contribution in [2.45, 2.75) is 57.1 Å². The number of hydrogen-bond acceptors (Lipinski definition) is 6. The highest BCUT2D eigenvalue weighted by Gasteiger charge is 2.35. The van der Waals surface area contributed by atoms with Gasteiger partial charge in [-0.2, -0.15) is 0 Å². The molecular weight excluding hydrogens is 613 g/mol. The largest absolute Gasteiger partial charge is 0.493 e. The Morgan fingerprint density at radius 1 is 0.884 bits per heavy atom. The van der Waals surface area contributed by atoms with E-state index in [0.717, 1.165) is 4.31 Å². The maximum Gasteiger partial charge on any atom is 0.264 e. The van der Waals surface area contributed by atoms with Gasteiger partial charge in [-0.1, -0.05) is 61.3 Å². The Labute approximate surface area is 263 Å². The number of halogens is 2. The van der Waals surface area contributed by atoms with E-state index in [1.54, 1.807) is 49.4 Å². The van der Waals surface area contributed by atoms with E-state index >= 15 is 0 Å². The van der Waals surface area contributed by atoms with E-state index in [1.165, 1.54) is 43.4 Å². The third kappa shape index (κ3) is 8.13. The first kappa shape index (κ1) is 34.0. The molecule has 3 aromatic rings. The normalized spacial score (nSPS) is 12.6. The van der Waals surface area contributed by atoms with Crippen LogP contribution in [0.2, 0.25) is 10.0 Å². The Morgan fingerprint density at radius 3 is 2.07 bits per heavy atom. The standard InChI is InChI=1S/C31H37Cl2N3O6S/c1-6-21(3)34-31(38)27(7-2)35(19-24-25(32)14-11-15-26(24)33)30(37)20-36(43(39,40)23-12-9-8-10-13-23)22-16-17-28(41-4)29(18-22)42-5/h8-18,21,27H,6-7,19-20H2,1-5H3,(H,34,38)/t21-,27+/m1/s1. The van der Waals surface area contributed by atoms with Gasteiger partial charge in [0.15, 0.2) is 11.5 Å². The van der Waals surface area contributed by atoms with Crippen LogP contribution >= 0.6 is 23.2 Å². The molecule has 1 N–H and O–H groups in total. The molecule has 232 valence electrons. The molecule has 0 unspecified atom stereocenters. The molecule has 43 heavy (non-hydrogen) atoms. The Kier molecular flexibility index (Phi) is 12.1. The summed E-state index contributed by atoms with van der Waals surface area (Å²) in [7, 11) is -1.36. The van der Waals surface area contributed by atoms with Gasteiger partial charge in [-0.3, -0.25) is 13.9 Å². The lowest BCUT2D eigenvalue weighted by Crippen LogP contribution is -2.53. The van der Waals surface area contributed by atoms with Crippen LogP contribution in [0, 0.1) is 0 Å². The SMILES string of the molecule is CC[C@@H](C)NC(=O)[C@H](CC)N(Cc1c(Cl)cccc1Cl)C(=O)CN(c1ccc(OC)c(OC)c1)S(=O)(=O)c1ccccc1. The molecule has 0 saturated carbocycles. The average Bonchev–Trinajstić information content (AvgIpc) is 3.00. The lowest BCUT2D eigenvalue weighted by Gasteiger charge is -2.34. The lowest BCUT2D eigenvalue weighted by molar-refractivity contribution is -0.140. The van der Waals surface area contributed by atoms with E-state index in [1.807, 2.05) is 13.8 Å². The number of rotatable bonds is 14. The minimum absolute atomic E-state index is 0.0140. The third-order valence-corrected chi connectivity index (χ3v) is 9.54. The fourth-order valence-corrected chi connectivity index (χ4v) is 6.39. The molecule has 0 aliphatic rings. The number of methoxy groups -OCH3 is 2. The maximum absolute atomic E-state index is 14.3. The molecule has 0 aliphatic heterocycles. The van der Waals surface area contributed by atoms with Gasteiger partial charge in [0, 0.05) is 34.3 Å². The van der Waals surface area contributed by atoms with E-state index in [0.29, 0.717) is 27.8 Å². The van der Waals surface area contributed by atoms with Crippen LogP contribution in [-0.4, -0.2) is 58.0 Å². The third-order valence-electron chi connectivity index (χ3n) is 7.04. The van der Waals surface area contributed by atoms with Crippen molar-refractivity contribution in [3.05, 3.63) is 82.3 Å². The van der Waals surface area contributed by atoms with Crippen molar-refractivity contribution < 1.29 is 27.5 Å². The fourth-order valence-electron chi connectivity index (χ4n) is 4.44. The highest BCUT2D eigenvalue weighted by molar-refractivity contribution is 7.92. The summed E-state index contributed by atoms with van der Waals surface area (Å²) in [5.74, 6) is -0.328. The zero-order chi connectivity index (χ0) is 31.7. The second-order valence-electron chi connectivity index (χ2n) is 9.83. The van der Waals surface area contributed by atoms with Gasteiger partial charge in [-0.05, 0) is 56.2 Å². The zero-order valence-electron chi connectivity index (χ0n) is 24.8. The van der Waals surface area contributed by atoms with Gasteiger partial charge in [0.05, 0.1) is 24.8 Å². The van der Waals surface area contributed by atoms with E-state index < -0.39 is 28.5 Å². The van der Waals surface area contributed by atoms with Crippen LogP contribution in [0.3, 0.4) is 0 Å². The summed E-state index contributed by atoms with van der Waals surface area (Å²) in [5, 5.41) is 3.57. The highest BCUT2D eigenvalue weighted by Crippen LogP contribution is 2.34. The summed E-state index contributed by atoms with van der Waals surface area (Å²) >= 11 is 12.9. The lowest BCUT2D eigenvalue weighted by atomic mass is 10.1. The molecule has 3 rings (SSSR count). The summed E-state index contributed by atoms with van der Waals surface area (Å²) in [6, 6.07) is 16.2. The van der Waals surface area contributed by atoms with Crippen molar-refractivity contribution in [1.29, 1.82) is 0 Å². The monoisotopic (exact) mass is 649 g/mol. The topological polar surface area (TPSA) is 105 Å². The molecule has 0 fully saturated rings. The second-order valence-corrected chi connectivity index (χ2v) is 12.5. The van der Waals surface area contributed by atoms with Crippen LogP contribution in [-0.2, 0) is 26.2 Å². The quantitative estimate of drug-likeness (QED) is 0.232. The van der Waals surface area contributed by atoms with Crippen LogP contribution in [0.5, 0.6) is 11.5 Å². The van der Waals surface area contributed by atoms with Gasteiger partial charge in [-0.25, -0.2) is 8.42 Å². The van der Waals surface area contributed by atoms with Crippen LogP contribution in [0.25, 0.3) is 0 Å². The van der Waals surface area contributed by atoms with Crippen molar-refractivity contribution in [2.24, 2.45) is 0 Å². The summed E-state index contributed by atoms with van der Waals surface area (Å²) in [6.07, 6.45) is 0.951. The number of nitrogens with zero attached hydrogens (tertiary/aromatic N) is 2. The summed E-state index contributed by atoms with van der Waals surface area (Å²) in [5.41, 5.74) is 0.611. The molecule has 9 nitrogen and oxygen atoms in total. The Bertz CT molecular complexity index is 1500. The molecule has 0 saturated heterocycles. The van der Waals surface area contributed by atoms with Crippen LogP contribution in [0.1, 0.15) is 39.2 Å². The summed E-state index contributed by atoms with van der Waals surface area (Å²) in [6.45, 7) is 4.85. The van der Waals surface area contributed by atoms with Gasteiger partial charge in [-0.15, -0.1) is 0 Å². The van der Waals surface area contributed by atoms with E-state index in [9.17, 15) is 18.0 Å². The first-order valence-electron chi connectivity index (χ1n) is 13.8. The predicted octanol–water partition coefficient (Wildman–Crippen LogP) is 5.93. The first-order chi connectivity index (χ1) is 20.5. The summed E-state index contributed by atoms with van der Waals surface area (Å²) in [4.78, 5) is 29.0. The Morgan fingerprint density at radius 2 is 1.51 bits per heavy atom. The van der Waals surface area contributed by atoms with E-state index in [4.69, 9.17) is 32.7 Å². The number of carbonyl (C=O) groups is 2. The maximum atomic E-state index is 14.3. The number of sulfonamides is 1. The smallest absolute Gasteiger partial charge is 0.264 e. The van der Waals surface area contributed by atoms with Gasteiger partial charge in [0.2, 0.25) is 11.8 Å². The number of amides is 2. The van der Waals surface area contributed by atoms with E-state index in [2.05, 4.69) is 5.32 Å². The van der Waals surface area contributed by atoms with Crippen molar-refractivity contribution in [3.63, 3.8) is 0 Å². The molecule has 0 heterocycles. The Hall–Kier alpha value is -3.47. The molecule has 2 atom stereocenters. The molecule has 0 bridgehead atoms. The van der Waals surface area contributed by atoms with Crippen LogP contribution in [0.15, 0.2) is 71.6 Å². The average molecular weight is 651 g/mol. The molecular formula is C31H37Cl2N3O6S. The summed E-state index contributed by atoms with van der Waals surface area (Å²) < 4.78 is 39.8. The van der Waals surface area contributed by atoms with E-state index in [-0.39, 0.29) is 41.2 Å². The number of anilines is 1. The van der Waals surface area contributed by atoms with Gasteiger partial charge in [0.25, 0.3) is 10.0 Å². The molecule has 0 spiro atoms. The molecule has 0 aliphatic carbocycles. The number of ether oxygens (including phenoxy) is 2. The molecule has 12 heteroatoms.